The van der Waals surface area contributed by atoms with Crippen LogP contribution < -0.4 is 4.90 Å². The van der Waals surface area contributed by atoms with E-state index in [4.69, 9.17) is 5.11 Å². The maximum absolute atomic E-state index is 13.4. The zero-order valence-corrected chi connectivity index (χ0v) is 10.4. The van der Waals surface area contributed by atoms with E-state index in [-0.39, 0.29) is 12.4 Å². The van der Waals surface area contributed by atoms with Crippen molar-refractivity contribution in [3.8, 4) is 0 Å². The molecule has 1 heterocycles. The highest BCUT2D eigenvalue weighted by molar-refractivity contribution is 5.50. The molecule has 3 nitrogen and oxygen atoms in total. The van der Waals surface area contributed by atoms with Crippen LogP contribution in [0.5, 0.6) is 0 Å². The first-order valence-corrected chi connectivity index (χ1v) is 5.95. The molecule has 94 valence electrons. The minimum Gasteiger partial charge on any atom is -0.392 e. The summed E-state index contributed by atoms with van der Waals surface area (Å²) in [6.45, 7) is 4.87. The number of halogens is 1. The van der Waals surface area contributed by atoms with Crippen molar-refractivity contribution < 1.29 is 9.50 Å². The van der Waals surface area contributed by atoms with Crippen LogP contribution in [-0.4, -0.2) is 42.7 Å². The van der Waals surface area contributed by atoms with Gasteiger partial charge < -0.3 is 14.9 Å². The van der Waals surface area contributed by atoms with Crippen LogP contribution in [0.25, 0.3) is 0 Å². The normalized spacial score (nSPS) is 21.9. The zero-order chi connectivity index (χ0) is 12.4. The number of hydrogen-bond donors (Lipinski definition) is 1. The Labute approximate surface area is 101 Å². The van der Waals surface area contributed by atoms with Crippen LogP contribution in [0.2, 0.25) is 0 Å². The third-order valence-electron chi connectivity index (χ3n) is 3.29. The summed E-state index contributed by atoms with van der Waals surface area (Å²) in [4.78, 5) is 4.47. The van der Waals surface area contributed by atoms with Gasteiger partial charge in [0, 0.05) is 31.4 Å². The maximum atomic E-state index is 13.4. The van der Waals surface area contributed by atoms with Crippen molar-refractivity contribution in [3.05, 3.63) is 29.6 Å². The van der Waals surface area contributed by atoms with Crippen LogP contribution in [0.15, 0.2) is 18.2 Å². The van der Waals surface area contributed by atoms with E-state index in [1.807, 2.05) is 6.07 Å². The van der Waals surface area contributed by atoms with E-state index in [1.54, 1.807) is 6.07 Å². The van der Waals surface area contributed by atoms with Crippen molar-refractivity contribution in [2.45, 2.75) is 19.6 Å². The van der Waals surface area contributed by atoms with Gasteiger partial charge >= 0.3 is 0 Å². The Bertz CT molecular complexity index is 397. The van der Waals surface area contributed by atoms with Gasteiger partial charge in [-0.05, 0) is 37.7 Å². The van der Waals surface area contributed by atoms with E-state index >= 15 is 0 Å². The lowest BCUT2D eigenvalue weighted by molar-refractivity contribution is 0.274. The number of aliphatic hydroxyl groups excluding tert-OH is 1. The van der Waals surface area contributed by atoms with Crippen molar-refractivity contribution in [2.75, 3.05) is 31.6 Å². The summed E-state index contributed by atoms with van der Waals surface area (Å²) in [5.74, 6) is -0.280. The van der Waals surface area contributed by atoms with Crippen LogP contribution in [-0.2, 0) is 6.61 Å². The average Bonchev–Trinajstić information content (AvgIpc) is 2.28. The molecular weight excluding hydrogens is 219 g/mol. The summed E-state index contributed by atoms with van der Waals surface area (Å²) in [6, 6.07) is 5.15. The molecule has 1 N–H and O–H groups in total. The minimum absolute atomic E-state index is 0.118. The quantitative estimate of drug-likeness (QED) is 0.845. The fourth-order valence-electron chi connectivity index (χ4n) is 2.41. The molecule has 0 aliphatic carbocycles. The highest BCUT2D eigenvalue weighted by Crippen LogP contribution is 2.23. The molecule has 0 amide bonds. The Morgan fingerprint density at radius 2 is 2.12 bits per heavy atom. The van der Waals surface area contributed by atoms with Gasteiger partial charge in [0.15, 0.2) is 0 Å². The zero-order valence-electron chi connectivity index (χ0n) is 10.4. The molecule has 0 saturated carbocycles. The number of likely N-dealkylation sites (N-methyl/N-ethyl adjacent to an activating group) is 1. The molecule has 1 fully saturated rings. The van der Waals surface area contributed by atoms with Gasteiger partial charge in [-0.2, -0.15) is 0 Å². The molecule has 0 spiro atoms. The first-order valence-electron chi connectivity index (χ1n) is 5.95. The average molecular weight is 238 g/mol. The third-order valence-corrected chi connectivity index (χ3v) is 3.29. The molecule has 1 aromatic rings. The van der Waals surface area contributed by atoms with Gasteiger partial charge in [0.25, 0.3) is 0 Å². The van der Waals surface area contributed by atoms with E-state index in [1.165, 1.54) is 6.07 Å². The fourth-order valence-corrected chi connectivity index (χ4v) is 2.41. The number of rotatable bonds is 2. The molecule has 1 saturated heterocycles. The lowest BCUT2D eigenvalue weighted by Gasteiger charge is -2.40. The van der Waals surface area contributed by atoms with E-state index in [2.05, 4.69) is 23.8 Å². The molecule has 1 aliphatic heterocycles. The van der Waals surface area contributed by atoms with E-state index in [0.29, 0.717) is 11.6 Å². The number of piperazine rings is 1. The summed E-state index contributed by atoms with van der Waals surface area (Å²) in [5, 5.41) is 9.10. The van der Waals surface area contributed by atoms with Crippen LogP contribution >= 0.6 is 0 Å². The van der Waals surface area contributed by atoms with Crippen LogP contribution in [0.3, 0.4) is 0 Å². The van der Waals surface area contributed by atoms with E-state index in [9.17, 15) is 4.39 Å². The second-order valence-electron chi connectivity index (χ2n) is 4.78. The smallest absolute Gasteiger partial charge is 0.125 e. The predicted octanol–water partition coefficient (Wildman–Crippen LogP) is 1.46. The number of anilines is 1. The van der Waals surface area contributed by atoms with Gasteiger partial charge in [0.05, 0.1) is 6.61 Å². The van der Waals surface area contributed by atoms with Gasteiger partial charge in [-0.3, -0.25) is 0 Å². The number of hydrogen-bond acceptors (Lipinski definition) is 3. The lowest BCUT2D eigenvalue weighted by Crippen LogP contribution is -2.50. The predicted molar refractivity (Wildman–Crippen MR) is 66.6 cm³/mol. The third kappa shape index (κ3) is 2.76. The van der Waals surface area contributed by atoms with E-state index in [0.717, 1.165) is 25.3 Å². The maximum Gasteiger partial charge on any atom is 0.125 e. The van der Waals surface area contributed by atoms with Gasteiger partial charge in [-0.1, -0.05) is 0 Å². The Kier molecular flexibility index (Phi) is 3.64. The van der Waals surface area contributed by atoms with Gasteiger partial charge in [-0.15, -0.1) is 0 Å². The second kappa shape index (κ2) is 5.02. The molecule has 1 unspecified atom stereocenters. The van der Waals surface area contributed by atoms with Gasteiger partial charge in [-0.25, -0.2) is 4.39 Å². The van der Waals surface area contributed by atoms with Crippen molar-refractivity contribution >= 4 is 5.69 Å². The summed E-state index contributed by atoms with van der Waals surface area (Å²) >= 11 is 0. The highest BCUT2D eigenvalue weighted by Gasteiger charge is 2.22. The molecule has 17 heavy (non-hydrogen) atoms. The monoisotopic (exact) mass is 238 g/mol. The van der Waals surface area contributed by atoms with E-state index < -0.39 is 0 Å². The van der Waals surface area contributed by atoms with Crippen molar-refractivity contribution in [1.82, 2.24) is 4.90 Å². The van der Waals surface area contributed by atoms with Crippen molar-refractivity contribution in [3.63, 3.8) is 0 Å². The Morgan fingerprint density at radius 3 is 2.76 bits per heavy atom. The molecule has 1 aliphatic rings. The standard InChI is InChI=1S/C13H19FN2O/c1-10-8-15(2)3-4-16(10)13-6-11(9-17)5-12(14)7-13/h5-7,10,17H,3-4,8-9H2,1-2H3. The first kappa shape index (κ1) is 12.3. The Hall–Kier alpha value is -1.13. The molecule has 0 radical (unpaired) electrons. The summed E-state index contributed by atoms with van der Waals surface area (Å²) in [5.41, 5.74) is 1.50. The molecule has 2 rings (SSSR count). The molecule has 0 bridgehead atoms. The molecule has 4 heteroatoms. The van der Waals surface area contributed by atoms with Gasteiger partial charge in [0.1, 0.15) is 5.82 Å². The number of benzene rings is 1. The molecule has 1 atom stereocenters. The highest BCUT2D eigenvalue weighted by atomic mass is 19.1. The lowest BCUT2D eigenvalue weighted by atomic mass is 10.1. The largest absolute Gasteiger partial charge is 0.392 e. The summed E-state index contributed by atoms with van der Waals surface area (Å²) in [6.07, 6.45) is 0. The van der Waals surface area contributed by atoms with Crippen molar-refractivity contribution in [1.29, 1.82) is 0 Å². The summed E-state index contributed by atoms with van der Waals surface area (Å²) < 4.78 is 13.4. The summed E-state index contributed by atoms with van der Waals surface area (Å²) in [7, 11) is 2.10. The van der Waals surface area contributed by atoms with Crippen LogP contribution in [0.1, 0.15) is 12.5 Å². The minimum atomic E-state index is -0.280. The second-order valence-corrected chi connectivity index (χ2v) is 4.78. The topological polar surface area (TPSA) is 26.7 Å². The van der Waals surface area contributed by atoms with Gasteiger partial charge in [0.2, 0.25) is 0 Å². The molecule has 0 aromatic heterocycles. The molecular formula is C13H19FN2O. The first-order chi connectivity index (χ1) is 8.10. The number of aliphatic hydroxyl groups is 1. The van der Waals surface area contributed by atoms with Crippen LogP contribution in [0, 0.1) is 5.82 Å². The molecule has 1 aromatic carbocycles. The SMILES string of the molecule is CC1CN(C)CCN1c1cc(F)cc(CO)c1. The Morgan fingerprint density at radius 1 is 1.35 bits per heavy atom. The number of nitrogens with zero attached hydrogens (tertiary/aromatic N) is 2. The van der Waals surface area contributed by atoms with Crippen LogP contribution in [0.4, 0.5) is 10.1 Å². The Balaban J connectivity index is 2.24. The van der Waals surface area contributed by atoms with Crippen molar-refractivity contribution in [2.24, 2.45) is 0 Å². The fraction of sp³-hybridized carbons (Fsp3) is 0.538.